The van der Waals surface area contributed by atoms with Crippen LogP contribution in [-0.2, 0) is 6.42 Å². The minimum Gasteiger partial charge on any atom is -0.384 e. The highest BCUT2D eigenvalue weighted by atomic mass is 19.1. The van der Waals surface area contributed by atoms with Gasteiger partial charge in [-0.2, -0.15) is 0 Å². The Labute approximate surface area is 156 Å². The molecule has 2 N–H and O–H groups in total. The molecule has 1 aromatic carbocycles. The Hall–Kier alpha value is -3.35. The van der Waals surface area contributed by atoms with Crippen molar-refractivity contribution in [2.75, 3.05) is 19.8 Å². The molecule has 3 aromatic rings. The molecule has 3 rings (SSSR count). The number of amides is 1. The summed E-state index contributed by atoms with van der Waals surface area (Å²) in [7, 11) is 3.17. The Kier molecular flexibility index (Phi) is 5.12. The van der Waals surface area contributed by atoms with Gasteiger partial charge in [0.25, 0.3) is 5.91 Å². The highest BCUT2D eigenvalue weighted by Gasteiger charge is 2.18. The van der Waals surface area contributed by atoms with E-state index in [1.54, 1.807) is 32.4 Å². The van der Waals surface area contributed by atoms with Crippen LogP contribution < -0.4 is 5.73 Å². The van der Waals surface area contributed by atoms with Crippen LogP contribution in [0.1, 0.15) is 23.0 Å². The van der Waals surface area contributed by atoms with E-state index < -0.39 is 5.82 Å². The smallest absolute Gasteiger partial charge is 0.256 e. The maximum absolute atomic E-state index is 14.6. The number of nitrogen functional groups attached to an aromatic ring is 1. The monoisotopic (exact) mass is 365 g/mol. The zero-order chi connectivity index (χ0) is 19.6. The summed E-state index contributed by atoms with van der Waals surface area (Å²) in [5.74, 6) is -0.573. The quantitative estimate of drug-likeness (QED) is 0.767. The third-order valence-electron chi connectivity index (χ3n) is 4.21. The molecule has 0 aliphatic heterocycles. The Morgan fingerprint density at radius 2 is 1.85 bits per heavy atom. The van der Waals surface area contributed by atoms with E-state index in [1.165, 1.54) is 23.4 Å². The lowest BCUT2D eigenvalue weighted by atomic mass is 9.97. The summed E-state index contributed by atoms with van der Waals surface area (Å²) in [5.41, 5.74) is 9.24. The molecule has 0 saturated heterocycles. The van der Waals surface area contributed by atoms with Crippen molar-refractivity contribution in [2.45, 2.75) is 13.3 Å². The van der Waals surface area contributed by atoms with Gasteiger partial charge < -0.3 is 10.6 Å². The van der Waals surface area contributed by atoms with Crippen molar-refractivity contribution in [2.24, 2.45) is 0 Å². The van der Waals surface area contributed by atoms with Crippen LogP contribution in [0.4, 0.5) is 10.2 Å². The first-order valence-corrected chi connectivity index (χ1v) is 8.49. The fraction of sp³-hybridized carbons (Fsp3) is 0.200. The molecule has 0 unspecified atom stereocenters. The number of aromatic nitrogens is 3. The second kappa shape index (κ2) is 7.49. The first-order chi connectivity index (χ1) is 12.9. The number of hydrogen-bond donors (Lipinski definition) is 1. The number of aryl methyl sites for hydroxylation is 1. The highest BCUT2D eigenvalue weighted by molar-refractivity contribution is 5.95. The van der Waals surface area contributed by atoms with Gasteiger partial charge in [-0.3, -0.25) is 4.79 Å². The molecule has 0 bridgehead atoms. The lowest BCUT2D eigenvalue weighted by Gasteiger charge is -2.14. The van der Waals surface area contributed by atoms with Crippen molar-refractivity contribution in [3.63, 3.8) is 0 Å². The van der Waals surface area contributed by atoms with Gasteiger partial charge >= 0.3 is 0 Å². The van der Waals surface area contributed by atoms with Crippen LogP contribution in [0.2, 0.25) is 0 Å². The van der Waals surface area contributed by atoms with Gasteiger partial charge in [-0.1, -0.05) is 13.0 Å². The second-order valence-electron chi connectivity index (χ2n) is 6.26. The fourth-order valence-corrected chi connectivity index (χ4v) is 2.84. The van der Waals surface area contributed by atoms with E-state index in [0.717, 1.165) is 16.8 Å². The van der Waals surface area contributed by atoms with Crippen molar-refractivity contribution in [1.82, 2.24) is 19.9 Å². The molecule has 27 heavy (non-hydrogen) atoms. The van der Waals surface area contributed by atoms with Gasteiger partial charge in [0.15, 0.2) is 0 Å². The predicted octanol–water partition coefficient (Wildman–Crippen LogP) is 3.19. The molecule has 0 radical (unpaired) electrons. The number of carbonyl (C=O) groups is 1. The minimum absolute atomic E-state index is 0.0178. The van der Waals surface area contributed by atoms with E-state index in [4.69, 9.17) is 5.73 Å². The third-order valence-corrected chi connectivity index (χ3v) is 4.21. The molecule has 7 heteroatoms. The lowest BCUT2D eigenvalue weighted by Crippen LogP contribution is -2.22. The minimum atomic E-state index is -0.593. The number of carbonyl (C=O) groups excluding carboxylic acids is 1. The van der Waals surface area contributed by atoms with Crippen molar-refractivity contribution in [1.29, 1.82) is 0 Å². The molecule has 0 aliphatic carbocycles. The summed E-state index contributed by atoms with van der Waals surface area (Å²) in [6.45, 7) is 1.99. The van der Waals surface area contributed by atoms with E-state index in [-0.39, 0.29) is 11.5 Å². The molecule has 0 spiro atoms. The van der Waals surface area contributed by atoms with E-state index in [2.05, 4.69) is 15.0 Å². The Balaban J connectivity index is 2.16. The number of hydrogen-bond acceptors (Lipinski definition) is 5. The summed E-state index contributed by atoms with van der Waals surface area (Å²) >= 11 is 0. The summed E-state index contributed by atoms with van der Waals surface area (Å²) in [4.78, 5) is 26.3. The molecular formula is C20H20FN5O. The molecule has 0 saturated carbocycles. The van der Waals surface area contributed by atoms with E-state index in [0.29, 0.717) is 23.5 Å². The number of halogens is 1. The number of nitrogens with zero attached hydrogens (tertiary/aromatic N) is 4. The molecule has 2 aromatic heterocycles. The first-order valence-electron chi connectivity index (χ1n) is 8.49. The van der Waals surface area contributed by atoms with E-state index in [1.807, 2.05) is 13.0 Å². The van der Waals surface area contributed by atoms with Crippen LogP contribution >= 0.6 is 0 Å². The molecule has 0 atom stereocenters. The summed E-state index contributed by atoms with van der Waals surface area (Å²) < 4.78 is 14.6. The summed E-state index contributed by atoms with van der Waals surface area (Å²) in [5, 5.41) is 0. The number of rotatable bonds is 4. The van der Waals surface area contributed by atoms with Gasteiger partial charge in [0.05, 0.1) is 17.0 Å². The predicted molar refractivity (Wildman–Crippen MR) is 102 cm³/mol. The Morgan fingerprint density at radius 3 is 2.44 bits per heavy atom. The van der Waals surface area contributed by atoms with Crippen LogP contribution in [0.3, 0.4) is 0 Å². The molecule has 0 aliphatic rings. The van der Waals surface area contributed by atoms with Gasteiger partial charge in [-0.15, -0.1) is 0 Å². The van der Waals surface area contributed by atoms with Crippen LogP contribution in [0.25, 0.3) is 22.4 Å². The maximum Gasteiger partial charge on any atom is 0.256 e. The molecule has 0 fully saturated rings. The largest absolute Gasteiger partial charge is 0.384 e. The van der Waals surface area contributed by atoms with Crippen molar-refractivity contribution in [3.8, 4) is 22.4 Å². The standard InChI is InChI=1S/C20H20FN5O/c1-4-16-18(13-6-8-17(22)23-10-13)19(25-11-24-16)12-5-7-14(15(21)9-12)20(27)26(2)3/h5-11H,4H2,1-3H3,(H2,22,23). The topological polar surface area (TPSA) is 85.0 Å². The van der Waals surface area contributed by atoms with Crippen molar-refractivity contribution >= 4 is 11.7 Å². The van der Waals surface area contributed by atoms with Crippen LogP contribution in [-0.4, -0.2) is 39.9 Å². The zero-order valence-corrected chi connectivity index (χ0v) is 15.4. The second-order valence-corrected chi connectivity index (χ2v) is 6.26. The van der Waals surface area contributed by atoms with Gasteiger partial charge in [0.1, 0.15) is 18.0 Å². The van der Waals surface area contributed by atoms with Crippen LogP contribution in [0.15, 0.2) is 42.9 Å². The average molecular weight is 365 g/mol. The molecular weight excluding hydrogens is 345 g/mol. The van der Waals surface area contributed by atoms with Crippen molar-refractivity contribution < 1.29 is 9.18 Å². The highest BCUT2D eigenvalue weighted by Crippen LogP contribution is 2.33. The summed E-state index contributed by atoms with van der Waals surface area (Å²) in [6.07, 6.45) is 3.78. The molecule has 2 heterocycles. The zero-order valence-electron chi connectivity index (χ0n) is 15.4. The number of pyridine rings is 1. The molecule has 138 valence electrons. The lowest BCUT2D eigenvalue weighted by molar-refractivity contribution is 0.0823. The number of nitrogens with two attached hydrogens (primary N) is 1. The number of benzene rings is 1. The third kappa shape index (κ3) is 3.62. The average Bonchev–Trinajstić information content (AvgIpc) is 2.67. The Bertz CT molecular complexity index is 986. The van der Waals surface area contributed by atoms with E-state index >= 15 is 0 Å². The van der Waals surface area contributed by atoms with Crippen molar-refractivity contribution in [3.05, 3.63) is 59.9 Å². The van der Waals surface area contributed by atoms with Crippen LogP contribution in [0.5, 0.6) is 0 Å². The van der Waals surface area contributed by atoms with Gasteiger partial charge in [0, 0.05) is 37.0 Å². The SMILES string of the molecule is CCc1ncnc(-c2ccc(C(=O)N(C)C)c(F)c2)c1-c1ccc(N)nc1. The van der Waals surface area contributed by atoms with Gasteiger partial charge in [-0.25, -0.2) is 19.3 Å². The molecule has 1 amide bonds. The first kappa shape index (κ1) is 18.4. The Morgan fingerprint density at radius 1 is 1.11 bits per heavy atom. The molecule has 6 nitrogen and oxygen atoms in total. The number of anilines is 1. The van der Waals surface area contributed by atoms with Crippen LogP contribution in [0, 0.1) is 5.82 Å². The van der Waals surface area contributed by atoms with Gasteiger partial charge in [0.2, 0.25) is 0 Å². The van der Waals surface area contributed by atoms with Gasteiger partial charge in [-0.05, 0) is 30.7 Å². The normalized spacial score (nSPS) is 10.7. The maximum atomic E-state index is 14.6. The van der Waals surface area contributed by atoms with E-state index in [9.17, 15) is 9.18 Å². The summed E-state index contributed by atoms with van der Waals surface area (Å²) in [6, 6.07) is 8.03. The fourth-order valence-electron chi connectivity index (χ4n) is 2.84.